The second-order valence-corrected chi connectivity index (χ2v) is 8.28. The van der Waals surface area contributed by atoms with E-state index in [0.29, 0.717) is 18.8 Å². The van der Waals surface area contributed by atoms with Crippen LogP contribution in [-0.4, -0.2) is 45.1 Å². The zero-order chi connectivity index (χ0) is 17.6. The summed E-state index contributed by atoms with van der Waals surface area (Å²) < 4.78 is 1.74. The van der Waals surface area contributed by atoms with Gasteiger partial charge < -0.3 is 10.2 Å². The number of aryl methyl sites for hydroxylation is 2. The molecule has 0 radical (unpaired) electrons. The van der Waals surface area contributed by atoms with Crippen LogP contribution in [0, 0.1) is 18.8 Å². The van der Waals surface area contributed by atoms with E-state index in [1.54, 1.807) is 4.68 Å². The number of piperidine rings is 1. The van der Waals surface area contributed by atoms with Gasteiger partial charge in [-0.2, -0.15) is 5.10 Å². The molecule has 6 nitrogen and oxygen atoms in total. The van der Waals surface area contributed by atoms with Gasteiger partial charge in [-0.25, -0.2) is 0 Å². The smallest absolute Gasteiger partial charge is 0.274 e. The summed E-state index contributed by atoms with van der Waals surface area (Å²) in [6.45, 7) is 3.35. The highest BCUT2D eigenvalue weighted by Gasteiger charge is 2.43. The monoisotopic (exact) mass is 344 g/mol. The summed E-state index contributed by atoms with van der Waals surface area (Å²) in [7, 11) is 1.86. The lowest BCUT2D eigenvalue weighted by atomic mass is 9.82. The van der Waals surface area contributed by atoms with E-state index in [1.807, 2.05) is 24.9 Å². The van der Waals surface area contributed by atoms with Gasteiger partial charge in [0.25, 0.3) is 5.91 Å². The van der Waals surface area contributed by atoms with Crippen LogP contribution in [0.5, 0.6) is 0 Å². The van der Waals surface area contributed by atoms with Gasteiger partial charge in [0.15, 0.2) is 5.69 Å². The first-order valence-corrected chi connectivity index (χ1v) is 9.58. The molecular weight excluding hydrogens is 316 g/mol. The van der Waals surface area contributed by atoms with Crippen molar-refractivity contribution in [1.29, 1.82) is 0 Å². The molecule has 2 amide bonds. The van der Waals surface area contributed by atoms with Gasteiger partial charge in [0, 0.05) is 37.3 Å². The largest absolute Gasteiger partial charge is 0.350 e. The molecule has 2 aliphatic carbocycles. The van der Waals surface area contributed by atoms with Crippen LogP contribution in [0.15, 0.2) is 6.07 Å². The molecule has 0 aromatic carbocycles. The highest BCUT2D eigenvalue weighted by molar-refractivity contribution is 5.92. The fourth-order valence-electron chi connectivity index (χ4n) is 3.93. The van der Waals surface area contributed by atoms with E-state index >= 15 is 0 Å². The molecule has 2 saturated carbocycles. The maximum Gasteiger partial charge on any atom is 0.274 e. The van der Waals surface area contributed by atoms with Crippen molar-refractivity contribution < 1.29 is 9.59 Å². The maximum atomic E-state index is 12.7. The number of rotatable bonds is 5. The summed E-state index contributed by atoms with van der Waals surface area (Å²) in [4.78, 5) is 27.0. The van der Waals surface area contributed by atoms with Crippen molar-refractivity contribution in [2.45, 2.75) is 57.4 Å². The quantitative estimate of drug-likeness (QED) is 0.889. The van der Waals surface area contributed by atoms with Gasteiger partial charge in [0.2, 0.25) is 5.91 Å². The van der Waals surface area contributed by atoms with Crippen molar-refractivity contribution in [3.05, 3.63) is 17.5 Å². The molecule has 6 heteroatoms. The third kappa shape index (κ3) is 3.58. The second kappa shape index (κ2) is 6.15. The Morgan fingerprint density at radius 3 is 2.44 bits per heavy atom. The van der Waals surface area contributed by atoms with E-state index in [0.717, 1.165) is 43.7 Å². The minimum Gasteiger partial charge on any atom is -0.350 e. The molecular formula is C19H28N4O2. The van der Waals surface area contributed by atoms with Crippen LogP contribution in [-0.2, 0) is 11.8 Å². The van der Waals surface area contributed by atoms with Gasteiger partial charge in [-0.1, -0.05) is 12.8 Å². The highest BCUT2D eigenvalue weighted by Crippen LogP contribution is 2.41. The summed E-state index contributed by atoms with van der Waals surface area (Å²) in [6.07, 6.45) is 7.45. The highest BCUT2D eigenvalue weighted by atomic mass is 16.2. The molecule has 1 aliphatic heterocycles. The van der Waals surface area contributed by atoms with Crippen molar-refractivity contribution in [3.63, 3.8) is 0 Å². The summed E-state index contributed by atoms with van der Waals surface area (Å²) >= 11 is 0. The molecule has 25 heavy (non-hydrogen) atoms. The van der Waals surface area contributed by atoms with Crippen molar-refractivity contribution in [3.8, 4) is 0 Å². The first-order chi connectivity index (χ1) is 12.0. The predicted molar refractivity (Wildman–Crippen MR) is 94.0 cm³/mol. The van der Waals surface area contributed by atoms with Crippen molar-refractivity contribution in [1.82, 2.24) is 20.0 Å². The van der Waals surface area contributed by atoms with Crippen LogP contribution >= 0.6 is 0 Å². The molecule has 136 valence electrons. The average molecular weight is 344 g/mol. The molecule has 1 aromatic heterocycles. The number of carbonyl (C=O) groups excluding carboxylic acids is 2. The summed E-state index contributed by atoms with van der Waals surface area (Å²) in [5.41, 5.74) is 1.41. The lowest BCUT2D eigenvalue weighted by Crippen LogP contribution is -2.56. The van der Waals surface area contributed by atoms with Crippen LogP contribution in [0.3, 0.4) is 0 Å². The molecule has 3 fully saturated rings. The number of carbonyl (C=O) groups is 2. The van der Waals surface area contributed by atoms with Crippen LogP contribution < -0.4 is 5.32 Å². The molecule has 0 atom stereocenters. The van der Waals surface area contributed by atoms with Gasteiger partial charge >= 0.3 is 0 Å². The first kappa shape index (κ1) is 16.6. The number of nitrogens with zero attached hydrogens (tertiary/aromatic N) is 3. The molecule has 3 aliphatic rings. The van der Waals surface area contributed by atoms with Crippen molar-refractivity contribution >= 4 is 11.8 Å². The Morgan fingerprint density at radius 1 is 1.24 bits per heavy atom. The summed E-state index contributed by atoms with van der Waals surface area (Å²) in [5.74, 6) is 1.26. The van der Waals surface area contributed by atoms with Crippen LogP contribution in [0.2, 0.25) is 0 Å². The maximum absolute atomic E-state index is 12.7. The van der Waals surface area contributed by atoms with E-state index in [1.165, 1.54) is 12.8 Å². The molecule has 1 saturated heterocycles. The Hall–Kier alpha value is -1.85. The Balaban J connectivity index is 1.41. The van der Waals surface area contributed by atoms with Gasteiger partial charge in [0.1, 0.15) is 0 Å². The minimum absolute atomic E-state index is 0.0113. The fourth-order valence-corrected chi connectivity index (χ4v) is 3.93. The predicted octanol–water partition coefficient (Wildman–Crippen LogP) is 2.03. The number of nitrogens with one attached hydrogen (secondary N) is 1. The molecule has 4 rings (SSSR count). The lowest BCUT2D eigenvalue weighted by molar-refractivity contribution is -0.125. The van der Waals surface area contributed by atoms with Gasteiger partial charge in [-0.15, -0.1) is 0 Å². The molecule has 1 aromatic rings. The molecule has 1 N–H and O–H groups in total. The summed E-state index contributed by atoms with van der Waals surface area (Å²) in [5, 5.41) is 7.70. The third-order valence-electron chi connectivity index (χ3n) is 6.05. The van der Waals surface area contributed by atoms with E-state index in [9.17, 15) is 9.59 Å². The van der Waals surface area contributed by atoms with Gasteiger partial charge in [-0.3, -0.25) is 14.3 Å². The zero-order valence-corrected chi connectivity index (χ0v) is 15.3. The molecule has 0 unspecified atom stereocenters. The Morgan fingerprint density at radius 2 is 1.92 bits per heavy atom. The Bertz CT molecular complexity index is 660. The second-order valence-electron chi connectivity index (χ2n) is 8.28. The standard InChI is InChI=1S/C19H28N4O2/c1-13-11-16(21-22(13)2)18(25)23-9-7-19(8-10-23,12-14-3-4-14)20-17(24)15-5-6-15/h11,14-15H,3-10,12H2,1-2H3,(H,20,24). The summed E-state index contributed by atoms with van der Waals surface area (Å²) in [6, 6.07) is 1.85. The Labute approximate surface area is 148 Å². The number of hydrogen-bond acceptors (Lipinski definition) is 3. The van der Waals surface area contributed by atoms with Crippen molar-refractivity contribution in [2.24, 2.45) is 18.9 Å². The van der Waals surface area contributed by atoms with Crippen LogP contribution in [0.4, 0.5) is 0 Å². The van der Waals surface area contributed by atoms with Crippen molar-refractivity contribution in [2.75, 3.05) is 13.1 Å². The lowest BCUT2D eigenvalue weighted by Gasteiger charge is -2.42. The normalized spacial score (nSPS) is 22.7. The van der Waals surface area contributed by atoms with Gasteiger partial charge in [-0.05, 0) is 51.0 Å². The van der Waals surface area contributed by atoms with Crippen LogP contribution in [0.25, 0.3) is 0 Å². The zero-order valence-electron chi connectivity index (χ0n) is 15.3. The van der Waals surface area contributed by atoms with E-state index < -0.39 is 0 Å². The van der Waals surface area contributed by atoms with Gasteiger partial charge in [0.05, 0.1) is 0 Å². The average Bonchev–Trinajstić information content (AvgIpc) is 3.49. The van der Waals surface area contributed by atoms with Crippen LogP contribution in [0.1, 0.15) is 61.1 Å². The minimum atomic E-state index is -0.0996. The molecule has 0 bridgehead atoms. The SMILES string of the molecule is Cc1cc(C(=O)N2CCC(CC3CC3)(NC(=O)C3CC3)CC2)nn1C. The third-order valence-corrected chi connectivity index (χ3v) is 6.05. The van der Waals surface area contributed by atoms with E-state index in [4.69, 9.17) is 0 Å². The Kier molecular flexibility index (Phi) is 4.08. The fraction of sp³-hybridized carbons (Fsp3) is 0.737. The number of hydrogen-bond donors (Lipinski definition) is 1. The first-order valence-electron chi connectivity index (χ1n) is 9.58. The number of amides is 2. The van der Waals surface area contributed by atoms with E-state index in [-0.39, 0.29) is 23.3 Å². The molecule has 2 heterocycles. The molecule has 0 spiro atoms. The number of aromatic nitrogens is 2. The topological polar surface area (TPSA) is 67.2 Å². The number of likely N-dealkylation sites (tertiary alicyclic amines) is 1. The van der Waals surface area contributed by atoms with E-state index in [2.05, 4.69) is 10.4 Å².